The highest BCUT2D eigenvalue weighted by Gasteiger charge is 2.28. The summed E-state index contributed by atoms with van der Waals surface area (Å²) in [5, 5.41) is 3.23. The highest BCUT2D eigenvalue weighted by molar-refractivity contribution is 5.80. The highest BCUT2D eigenvalue weighted by Crippen LogP contribution is 2.28. The van der Waals surface area contributed by atoms with Crippen molar-refractivity contribution in [1.29, 1.82) is 0 Å². The van der Waals surface area contributed by atoms with Crippen LogP contribution in [-0.4, -0.2) is 11.9 Å². The van der Waals surface area contributed by atoms with Crippen molar-refractivity contribution in [3.05, 3.63) is 65.5 Å². The number of rotatable bonds is 5. The Labute approximate surface area is 134 Å². The molecule has 0 radical (unpaired) electrons. The van der Waals surface area contributed by atoms with Crippen LogP contribution in [-0.2, 0) is 11.4 Å². The van der Waals surface area contributed by atoms with E-state index >= 15 is 0 Å². The third kappa shape index (κ3) is 3.68. The van der Waals surface area contributed by atoms with Gasteiger partial charge in [0, 0.05) is 11.6 Å². The number of primary amides is 1. The number of hydrogen-bond donors (Lipinski definition) is 2. The normalized spacial score (nSPS) is 20.4. The minimum atomic E-state index is -0.308. The second kappa shape index (κ2) is 6.79. The molecule has 1 amide bonds. The Bertz CT molecular complexity index is 688. The number of ether oxygens (including phenoxy) is 1. The van der Waals surface area contributed by atoms with E-state index in [1.807, 2.05) is 24.3 Å². The molecule has 1 heterocycles. The predicted molar refractivity (Wildman–Crippen MR) is 85.3 cm³/mol. The number of hydrogen-bond acceptors (Lipinski definition) is 3. The van der Waals surface area contributed by atoms with Gasteiger partial charge in [-0.05, 0) is 36.6 Å². The average molecular weight is 314 g/mol. The van der Waals surface area contributed by atoms with Gasteiger partial charge in [0.25, 0.3) is 0 Å². The van der Waals surface area contributed by atoms with Crippen molar-refractivity contribution in [2.45, 2.75) is 31.5 Å². The van der Waals surface area contributed by atoms with Gasteiger partial charge in [-0.3, -0.25) is 10.1 Å². The van der Waals surface area contributed by atoms with Crippen LogP contribution in [0.4, 0.5) is 4.39 Å². The van der Waals surface area contributed by atoms with Crippen LogP contribution in [0.15, 0.2) is 48.5 Å². The number of benzene rings is 2. The number of carbonyl (C=O) groups excluding carboxylic acids is 1. The molecule has 1 aliphatic rings. The fraction of sp³-hybridized carbons (Fsp3) is 0.278. The molecule has 2 aromatic rings. The molecule has 3 N–H and O–H groups in total. The van der Waals surface area contributed by atoms with Crippen LogP contribution < -0.4 is 15.8 Å². The number of nitrogens with two attached hydrogens (primary N) is 1. The molecule has 0 bridgehead atoms. The summed E-state index contributed by atoms with van der Waals surface area (Å²) in [5.41, 5.74) is 6.93. The van der Waals surface area contributed by atoms with Gasteiger partial charge in [-0.15, -0.1) is 0 Å². The first-order chi connectivity index (χ1) is 11.1. The lowest BCUT2D eigenvalue weighted by atomic mass is 10.1. The SMILES string of the molecule is NC(=O)[C@H]1CC[C@@H](c2ccc(OCc3ccccc3F)cc2)N1. The number of amides is 1. The number of halogens is 1. The lowest BCUT2D eigenvalue weighted by molar-refractivity contribution is -0.119. The van der Waals surface area contributed by atoms with Crippen molar-refractivity contribution >= 4 is 5.91 Å². The van der Waals surface area contributed by atoms with Gasteiger partial charge >= 0.3 is 0 Å². The van der Waals surface area contributed by atoms with Gasteiger partial charge in [0.1, 0.15) is 18.2 Å². The first-order valence-corrected chi connectivity index (χ1v) is 7.65. The van der Waals surface area contributed by atoms with Crippen molar-refractivity contribution in [2.24, 2.45) is 5.73 Å². The second-order valence-corrected chi connectivity index (χ2v) is 5.70. The Kier molecular flexibility index (Phi) is 4.57. The molecule has 1 aliphatic heterocycles. The molecule has 0 aliphatic carbocycles. The summed E-state index contributed by atoms with van der Waals surface area (Å²) < 4.78 is 19.2. The van der Waals surface area contributed by atoms with Crippen LogP contribution in [0.5, 0.6) is 5.75 Å². The van der Waals surface area contributed by atoms with Gasteiger partial charge in [-0.1, -0.05) is 30.3 Å². The molecule has 0 aromatic heterocycles. The number of nitrogens with one attached hydrogen (secondary N) is 1. The average Bonchev–Trinajstić information content (AvgIpc) is 3.05. The van der Waals surface area contributed by atoms with E-state index in [9.17, 15) is 9.18 Å². The molecule has 23 heavy (non-hydrogen) atoms. The first-order valence-electron chi connectivity index (χ1n) is 7.65. The Morgan fingerprint density at radius 2 is 1.91 bits per heavy atom. The zero-order valence-corrected chi connectivity index (χ0v) is 12.7. The third-order valence-corrected chi connectivity index (χ3v) is 4.12. The van der Waals surface area contributed by atoms with Crippen molar-refractivity contribution in [2.75, 3.05) is 0 Å². The van der Waals surface area contributed by atoms with Crippen molar-refractivity contribution in [1.82, 2.24) is 5.32 Å². The Morgan fingerprint density at radius 3 is 2.57 bits per heavy atom. The topological polar surface area (TPSA) is 64.4 Å². The van der Waals surface area contributed by atoms with E-state index in [1.165, 1.54) is 6.07 Å². The highest BCUT2D eigenvalue weighted by atomic mass is 19.1. The maximum Gasteiger partial charge on any atom is 0.234 e. The summed E-state index contributed by atoms with van der Waals surface area (Å²) in [6, 6.07) is 14.1. The zero-order valence-electron chi connectivity index (χ0n) is 12.7. The molecule has 2 aromatic carbocycles. The lowest BCUT2D eigenvalue weighted by Gasteiger charge is -2.13. The Balaban J connectivity index is 1.59. The molecule has 3 rings (SSSR count). The predicted octanol–water partition coefficient (Wildman–Crippen LogP) is 2.68. The van der Waals surface area contributed by atoms with Gasteiger partial charge in [0.2, 0.25) is 5.91 Å². The van der Waals surface area contributed by atoms with Crippen LogP contribution in [0.25, 0.3) is 0 Å². The largest absolute Gasteiger partial charge is 0.489 e. The van der Waals surface area contributed by atoms with E-state index in [0.29, 0.717) is 11.3 Å². The summed E-state index contributed by atoms with van der Waals surface area (Å²) >= 11 is 0. The maximum atomic E-state index is 13.5. The van der Waals surface area contributed by atoms with E-state index in [-0.39, 0.29) is 30.4 Å². The standard InChI is InChI=1S/C18H19FN2O2/c19-15-4-2-1-3-13(15)11-23-14-7-5-12(6-8-14)16-9-10-17(21-16)18(20)22/h1-8,16-17,21H,9-11H2,(H2,20,22)/t16-,17+/m0/s1. The quantitative estimate of drug-likeness (QED) is 0.892. The van der Waals surface area contributed by atoms with Crippen molar-refractivity contribution < 1.29 is 13.9 Å². The molecule has 4 nitrogen and oxygen atoms in total. The minimum absolute atomic E-state index is 0.133. The Morgan fingerprint density at radius 1 is 1.17 bits per heavy atom. The van der Waals surface area contributed by atoms with Gasteiger partial charge in [0.15, 0.2) is 0 Å². The molecule has 1 fully saturated rings. The van der Waals surface area contributed by atoms with Crippen LogP contribution in [0.2, 0.25) is 0 Å². The van der Waals surface area contributed by atoms with Crippen LogP contribution in [0.1, 0.15) is 30.0 Å². The third-order valence-electron chi connectivity index (χ3n) is 4.12. The summed E-state index contributed by atoms with van der Waals surface area (Å²) in [6.07, 6.45) is 1.63. The summed E-state index contributed by atoms with van der Waals surface area (Å²) in [7, 11) is 0. The first kappa shape index (κ1) is 15.5. The van der Waals surface area contributed by atoms with E-state index in [0.717, 1.165) is 18.4 Å². The molecule has 0 saturated carbocycles. The number of carbonyl (C=O) groups is 1. The fourth-order valence-corrected chi connectivity index (χ4v) is 2.80. The summed E-state index contributed by atoms with van der Waals surface area (Å²) in [6.45, 7) is 0.192. The van der Waals surface area contributed by atoms with Gasteiger partial charge in [-0.2, -0.15) is 0 Å². The van der Waals surface area contributed by atoms with Crippen molar-refractivity contribution in [3.8, 4) is 5.75 Å². The van der Waals surface area contributed by atoms with Crippen molar-refractivity contribution in [3.63, 3.8) is 0 Å². The molecule has 5 heteroatoms. The van der Waals surface area contributed by atoms with Crippen LogP contribution in [0, 0.1) is 5.82 Å². The van der Waals surface area contributed by atoms with E-state index in [1.54, 1.807) is 18.2 Å². The summed E-state index contributed by atoms with van der Waals surface area (Å²) in [4.78, 5) is 11.2. The molecule has 120 valence electrons. The van der Waals surface area contributed by atoms with Gasteiger partial charge in [0.05, 0.1) is 6.04 Å². The minimum Gasteiger partial charge on any atom is -0.489 e. The zero-order chi connectivity index (χ0) is 16.2. The van der Waals surface area contributed by atoms with E-state index in [2.05, 4.69) is 5.32 Å². The van der Waals surface area contributed by atoms with Gasteiger partial charge < -0.3 is 10.5 Å². The second-order valence-electron chi connectivity index (χ2n) is 5.70. The molecule has 0 spiro atoms. The Hall–Kier alpha value is -2.40. The monoisotopic (exact) mass is 314 g/mol. The molecular formula is C18H19FN2O2. The van der Waals surface area contributed by atoms with Crippen LogP contribution in [0.3, 0.4) is 0 Å². The van der Waals surface area contributed by atoms with E-state index in [4.69, 9.17) is 10.5 Å². The molecule has 2 atom stereocenters. The smallest absolute Gasteiger partial charge is 0.234 e. The van der Waals surface area contributed by atoms with Gasteiger partial charge in [-0.25, -0.2) is 4.39 Å². The molecule has 1 saturated heterocycles. The molecular weight excluding hydrogens is 295 g/mol. The molecule has 0 unspecified atom stereocenters. The fourth-order valence-electron chi connectivity index (χ4n) is 2.80. The lowest BCUT2D eigenvalue weighted by Crippen LogP contribution is -2.37. The van der Waals surface area contributed by atoms with E-state index < -0.39 is 0 Å². The summed E-state index contributed by atoms with van der Waals surface area (Å²) in [5.74, 6) is 0.107. The maximum absolute atomic E-state index is 13.5. The van der Waals surface area contributed by atoms with Crippen LogP contribution >= 0.6 is 0 Å².